The monoisotopic (exact) mass is 304 g/mol. The largest absolute Gasteiger partial charge is 0.432 e. The Morgan fingerprint density at radius 1 is 1.29 bits per heavy atom. The topological polar surface area (TPSA) is 28.7 Å². The van der Waals surface area contributed by atoms with E-state index in [1.807, 2.05) is 19.1 Å². The number of halogens is 4. The fourth-order valence-corrected chi connectivity index (χ4v) is 1.81. The maximum atomic E-state index is 12.4. The molecule has 0 saturated carbocycles. The van der Waals surface area contributed by atoms with E-state index in [0.717, 1.165) is 16.2 Å². The lowest BCUT2D eigenvalue weighted by molar-refractivity contribution is -0.140. The van der Waals surface area contributed by atoms with E-state index < -0.39 is 11.9 Å². The Balaban J connectivity index is 2.47. The van der Waals surface area contributed by atoms with E-state index in [9.17, 15) is 13.2 Å². The minimum Gasteiger partial charge on any atom is -0.334 e. The molecule has 0 bridgehead atoms. The van der Waals surface area contributed by atoms with E-state index in [-0.39, 0.29) is 5.82 Å². The number of aromatic nitrogens is 2. The van der Waals surface area contributed by atoms with Crippen LogP contribution in [0, 0.1) is 6.92 Å². The molecule has 0 fully saturated rings. The average molecular weight is 305 g/mol. The van der Waals surface area contributed by atoms with Gasteiger partial charge in [0.1, 0.15) is 11.5 Å². The SMILES string of the molecule is Cc1ccc(Br)cc1-c1ncc(C(F)(F)F)[nH]1. The second-order valence-electron chi connectivity index (χ2n) is 3.60. The molecule has 2 nitrogen and oxygen atoms in total. The molecule has 0 aliphatic carbocycles. The minimum absolute atomic E-state index is 0.219. The molecule has 0 radical (unpaired) electrons. The molecule has 90 valence electrons. The van der Waals surface area contributed by atoms with Gasteiger partial charge in [0, 0.05) is 10.0 Å². The Labute approximate surface area is 104 Å². The van der Waals surface area contributed by atoms with Crippen LogP contribution in [0.4, 0.5) is 13.2 Å². The molecular weight excluding hydrogens is 297 g/mol. The van der Waals surface area contributed by atoms with Crippen LogP contribution in [-0.4, -0.2) is 9.97 Å². The molecule has 0 amide bonds. The second kappa shape index (κ2) is 4.18. The molecule has 0 unspecified atom stereocenters. The summed E-state index contributed by atoms with van der Waals surface area (Å²) in [4.78, 5) is 6.04. The van der Waals surface area contributed by atoms with Crippen molar-refractivity contribution >= 4 is 15.9 Å². The predicted octanol–water partition coefficient (Wildman–Crippen LogP) is 4.17. The van der Waals surface area contributed by atoms with E-state index in [0.29, 0.717) is 5.56 Å². The molecule has 17 heavy (non-hydrogen) atoms. The van der Waals surface area contributed by atoms with Crippen LogP contribution in [0.25, 0.3) is 11.4 Å². The summed E-state index contributed by atoms with van der Waals surface area (Å²) in [5, 5.41) is 0. The van der Waals surface area contributed by atoms with Crippen LogP contribution < -0.4 is 0 Å². The molecule has 2 aromatic rings. The van der Waals surface area contributed by atoms with Gasteiger partial charge in [-0.15, -0.1) is 0 Å². The highest BCUT2D eigenvalue weighted by Gasteiger charge is 2.33. The van der Waals surface area contributed by atoms with Gasteiger partial charge in [-0.05, 0) is 24.6 Å². The molecule has 1 heterocycles. The number of alkyl halides is 3. The first kappa shape index (κ1) is 12.2. The van der Waals surface area contributed by atoms with Crippen LogP contribution in [0.3, 0.4) is 0 Å². The van der Waals surface area contributed by atoms with Gasteiger partial charge in [-0.25, -0.2) is 4.98 Å². The van der Waals surface area contributed by atoms with Crippen molar-refractivity contribution in [2.75, 3.05) is 0 Å². The van der Waals surface area contributed by atoms with Gasteiger partial charge in [-0.3, -0.25) is 0 Å². The number of benzene rings is 1. The van der Waals surface area contributed by atoms with Crippen LogP contribution in [-0.2, 0) is 6.18 Å². The number of imidazole rings is 1. The van der Waals surface area contributed by atoms with Crippen molar-refractivity contribution in [3.63, 3.8) is 0 Å². The quantitative estimate of drug-likeness (QED) is 0.842. The van der Waals surface area contributed by atoms with Gasteiger partial charge >= 0.3 is 6.18 Å². The Bertz CT molecular complexity index is 546. The third kappa shape index (κ3) is 2.52. The van der Waals surface area contributed by atoms with Crippen molar-refractivity contribution in [3.05, 3.63) is 40.1 Å². The first-order chi connectivity index (χ1) is 7.88. The summed E-state index contributed by atoms with van der Waals surface area (Å²) in [6.07, 6.45) is -3.60. The molecule has 1 N–H and O–H groups in total. The molecule has 0 saturated heterocycles. The molecule has 0 spiro atoms. The smallest absolute Gasteiger partial charge is 0.334 e. The normalized spacial score (nSPS) is 11.8. The third-order valence-corrected chi connectivity index (χ3v) is 2.83. The third-order valence-electron chi connectivity index (χ3n) is 2.34. The van der Waals surface area contributed by atoms with Gasteiger partial charge < -0.3 is 4.98 Å². The summed E-state index contributed by atoms with van der Waals surface area (Å²) in [7, 11) is 0. The molecule has 0 aliphatic rings. The summed E-state index contributed by atoms with van der Waals surface area (Å²) >= 11 is 3.28. The molecule has 2 rings (SSSR count). The van der Waals surface area contributed by atoms with E-state index in [4.69, 9.17) is 0 Å². The number of nitrogens with zero attached hydrogens (tertiary/aromatic N) is 1. The van der Waals surface area contributed by atoms with Gasteiger partial charge in [-0.1, -0.05) is 22.0 Å². The van der Waals surface area contributed by atoms with E-state index in [2.05, 4.69) is 25.9 Å². The zero-order valence-corrected chi connectivity index (χ0v) is 10.4. The maximum absolute atomic E-state index is 12.4. The molecule has 1 aromatic carbocycles. The van der Waals surface area contributed by atoms with E-state index in [1.54, 1.807) is 6.07 Å². The van der Waals surface area contributed by atoms with E-state index in [1.165, 1.54) is 0 Å². The number of H-pyrrole nitrogens is 1. The lowest BCUT2D eigenvalue weighted by Gasteiger charge is -2.04. The standard InChI is InChI=1S/C11H8BrF3N2/c1-6-2-3-7(12)4-8(6)10-16-5-9(17-10)11(13,14)15/h2-5H,1H3,(H,16,17). The van der Waals surface area contributed by atoms with E-state index >= 15 is 0 Å². The first-order valence-corrected chi connectivity index (χ1v) is 5.56. The number of rotatable bonds is 1. The van der Waals surface area contributed by atoms with Gasteiger partial charge in [0.25, 0.3) is 0 Å². The van der Waals surface area contributed by atoms with Gasteiger partial charge in [0.2, 0.25) is 0 Å². The summed E-state index contributed by atoms with van der Waals surface area (Å²) in [5.74, 6) is 0.219. The van der Waals surface area contributed by atoms with Crippen molar-refractivity contribution in [1.82, 2.24) is 9.97 Å². The highest BCUT2D eigenvalue weighted by molar-refractivity contribution is 9.10. The fourth-order valence-electron chi connectivity index (χ4n) is 1.45. The second-order valence-corrected chi connectivity index (χ2v) is 4.52. The lowest BCUT2D eigenvalue weighted by Crippen LogP contribution is -2.04. The first-order valence-electron chi connectivity index (χ1n) is 4.76. The highest BCUT2D eigenvalue weighted by atomic mass is 79.9. The molecule has 6 heteroatoms. The van der Waals surface area contributed by atoms with Crippen LogP contribution in [0.2, 0.25) is 0 Å². The summed E-state index contributed by atoms with van der Waals surface area (Å²) < 4.78 is 38.0. The van der Waals surface area contributed by atoms with Crippen LogP contribution >= 0.6 is 15.9 Å². The predicted molar refractivity (Wildman–Crippen MR) is 61.5 cm³/mol. The number of aryl methyl sites for hydroxylation is 1. The number of hydrogen-bond donors (Lipinski definition) is 1. The highest BCUT2D eigenvalue weighted by Crippen LogP contribution is 2.31. The number of hydrogen-bond acceptors (Lipinski definition) is 1. The van der Waals surface area contributed by atoms with Gasteiger partial charge in [-0.2, -0.15) is 13.2 Å². The Kier molecular flexibility index (Phi) is 2.99. The molecule has 0 aliphatic heterocycles. The minimum atomic E-state index is -4.40. The van der Waals surface area contributed by atoms with Crippen molar-refractivity contribution < 1.29 is 13.2 Å². The zero-order chi connectivity index (χ0) is 12.6. The van der Waals surface area contributed by atoms with Crippen molar-refractivity contribution in [2.24, 2.45) is 0 Å². The van der Waals surface area contributed by atoms with Crippen molar-refractivity contribution in [3.8, 4) is 11.4 Å². The lowest BCUT2D eigenvalue weighted by atomic mass is 10.1. The maximum Gasteiger partial charge on any atom is 0.432 e. The van der Waals surface area contributed by atoms with Crippen molar-refractivity contribution in [1.29, 1.82) is 0 Å². The van der Waals surface area contributed by atoms with Crippen LogP contribution in [0.1, 0.15) is 11.3 Å². The molecule has 1 aromatic heterocycles. The van der Waals surface area contributed by atoms with Crippen LogP contribution in [0.5, 0.6) is 0 Å². The fraction of sp³-hybridized carbons (Fsp3) is 0.182. The molecular formula is C11H8BrF3N2. The Morgan fingerprint density at radius 2 is 2.00 bits per heavy atom. The summed E-state index contributed by atoms with van der Waals surface area (Å²) in [5.41, 5.74) is 0.665. The Hall–Kier alpha value is -1.30. The van der Waals surface area contributed by atoms with Crippen LogP contribution in [0.15, 0.2) is 28.9 Å². The average Bonchev–Trinajstić information content (AvgIpc) is 2.70. The number of nitrogens with one attached hydrogen (secondary N) is 1. The van der Waals surface area contributed by atoms with Crippen molar-refractivity contribution in [2.45, 2.75) is 13.1 Å². The summed E-state index contributed by atoms with van der Waals surface area (Å²) in [6, 6.07) is 5.37. The number of aromatic amines is 1. The summed E-state index contributed by atoms with van der Waals surface area (Å²) in [6.45, 7) is 1.82. The zero-order valence-electron chi connectivity index (χ0n) is 8.77. The molecule has 0 atom stereocenters. The van der Waals surface area contributed by atoms with Gasteiger partial charge in [0.05, 0.1) is 6.20 Å². The Morgan fingerprint density at radius 3 is 2.59 bits per heavy atom. The van der Waals surface area contributed by atoms with Gasteiger partial charge in [0.15, 0.2) is 0 Å².